The number of hydrogen-bond donors (Lipinski definition) is 2. The first-order chi connectivity index (χ1) is 8.02. The minimum Gasteiger partial charge on any atom is -0.394 e. The Morgan fingerprint density at radius 2 is 2.00 bits per heavy atom. The molecule has 3 heteroatoms. The van der Waals surface area contributed by atoms with Crippen molar-refractivity contribution in [1.29, 1.82) is 0 Å². The first-order valence-electron chi connectivity index (χ1n) is 6.09. The number of nitrogens with zero attached hydrogens (tertiary/aromatic N) is 1. The van der Waals surface area contributed by atoms with E-state index in [1.807, 2.05) is 14.0 Å². The number of likely N-dealkylation sites (N-methyl/N-ethyl adjacent to an activating group) is 1. The van der Waals surface area contributed by atoms with Crippen molar-refractivity contribution in [2.75, 3.05) is 32.1 Å². The van der Waals surface area contributed by atoms with Gasteiger partial charge in [-0.1, -0.05) is 18.2 Å². The van der Waals surface area contributed by atoms with Crippen LogP contribution in [0.4, 0.5) is 5.69 Å². The largest absolute Gasteiger partial charge is 0.394 e. The van der Waals surface area contributed by atoms with Crippen LogP contribution in [-0.2, 0) is 0 Å². The molecule has 1 aromatic carbocycles. The van der Waals surface area contributed by atoms with Gasteiger partial charge in [0.1, 0.15) is 0 Å². The molecule has 0 saturated carbocycles. The maximum Gasteiger partial charge on any atom is 0.0611 e. The zero-order valence-corrected chi connectivity index (χ0v) is 11.3. The number of aliphatic hydroxyl groups excluding tert-OH is 1. The lowest BCUT2D eigenvalue weighted by atomic mass is 9.99. The molecular weight excluding hydrogens is 212 g/mol. The molecule has 0 amide bonds. The van der Waals surface area contributed by atoms with E-state index in [9.17, 15) is 5.11 Å². The van der Waals surface area contributed by atoms with Crippen LogP contribution in [-0.4, -0.2) is 37.9 Å². The molecular formula is C14H24N2O. The number of para-hydroxylation sites is 1. The van der Waals surface area contributed by atoms with E-state index in [2.05, 4.69) is 48.5 Å². The lowest BCUT2D eigenvalue weighted by Gasteiger charge is -2.30. The second-order valence-electron chi connectivity index (χ2n) is 4.93. The van der Waals surface area contributed by atoms with Crippen molar-refractivity contribution in [1.82, 2.24) is 5.32 Å². The van der Waals surface area contributed by atoms with Crippen LogP contribution in [0.25, 0.3) is 0 Å². The number of rotatable bonds is 6. The first-order valence-corrected chi connectivity index (χ1v) is 6.09. The maximum absolute atomic E-state index is 9.34. The lowest BCUT2D eigenvalue weighted by molar-refractivity contribution is 0.175. The summed E-state index contributed by atoms with van der Waals surface area (Å²) in [7, 11) is 3.99. The van der Waals surface area contributed by atoms with Crippen molar-refractivity contribution in [3.8, 4) is 0 Å². The molecule has 0 spiro atoms. The van der Waals surface area contributed by atoms with E-state index in [-0.39, 0.29) is 12.1 Å². The molecule has 0 aliphatic carbocycles. The normalized spacial score (nSPS) is 14.4. The van der Waals surface area contributed by atoms with E-state index in [0.717, 1.165) is 13.0 Å². The summed E-state index contributed by atoms with van der Waals surface area (Å²) in [6, 6.07) is 8.36. The summed E-state index contributed by atoms with van der Waals surface area (Å²) in [5.74, 6) is 0. The Kier molecular flexibility index (Phi) is 4.97. The Morgan fingerprint density at radius 3 is 2.53 bits per heavy atom. The number of aryl methyl sites for hydroxylation is 1. The molecule has 1 aromatic rings. The van der Waals surface area contributed by atoms with Gasteiger partial charge >= 0.3 is 0 Å². The smallest absolute Gasteiger partial charge is 0.0611 e. The van der Waals surface area contributed by atoms with Crippen LogP contribution in [0.2, 0.25) is 0 Å². The van der Waals surface area contributed by atoms with Gasteiger partial charge < -0.3 is 15.3 Å². The monoisotopic (exact) mass is 236 g/mol. The van der Waals surface area contributed by atoms with Gasteiger partial charge in [-0.2, -0.15) is 0 Å². The molecule has 96 valence electrons. The van der Waals surface area contributed by atoms with E-state index in [1.54, 1.807) is 0 Å². The molecule has 0 radical (unpaired) electrons. The molecule has 0 aromatic heterocycles. The molecule has 3 nitrogen and oxygen atoms in total. The van der Waals surface area contributed by atoms with Crippen LogP contribution >= 0.6 is 0 Å². The standard InChI is InChI=1S/C14H24N2O/c1-12-7-5-6-8-13(12)16(4)10-9-14(2,11-17)15-3/h5-8,15,17H,9-11H2,1-4H3. The van der Waals surface area contributed by atoms with E-state index >= 15 is 0 Å². The highest BCUT2D eigenvalue weighted by Crippen LogP contribution is 2.19. The molecule has 1 unspecified atom stereocenters. The molecule has 0 aliphatic rings. The van der Waals surface area contributed by atoms with Gasteiger partial charge in [0.25, 0.3) is 0 Å². The van der Waals surface area contributed by atoms with Crippen molar-refractivity contribution in [2.24, 2.45) is 0 Å². The first kappa shape index (κ1) is 14.0. The molecule has 17 heavy (non-hydrogen) atoms. The summed E-state index contributed by atoms with van der Waals surface area (Å²) in [4.78, 5) is 2.24. The Hall–Kier alpha value is -1.06. The van der Waals surface area contributed by atoms with Crippen LogP contribution < -0.4 is 10.2 Å². The maximum atomic E-state index is 9.34. The van der Waals surface area contributed by atoms with Crippen molar-refractivity contribution >= 4 is 5.69 Å². The van der Waals surface area contributed by atoms with Gasteiger partial charge in [0, 0.05) is 24.8 Å². The second-order valence-corrected chi connectivity index (χ2v) is 4.93. The third-order valence-corrected chi connectivity index (χ3v) is 3.48. The highest BCUT2D eigenvalue weighted by molar-refractivity contribution is 5.52. The minimum absolute atomic E-state index is 0.158. The Morgan fingerprint density at radius 1 is 1.35 bits per heavy atom. The lowest BCUT2D eigenvalue weighted by Crippen LogP contribution is -2.45. The number of hydrogen-bond acceptors (Lipinski definition) is 3. The molecule has 1 rings (SSSR count). The molecule has 0 saturated heterocycles. The van der Waals surface area contributed by atoms with Gasteiger partial charge in [0.05, 0.1) is 6.61 Å². The van der Waals surface area contributed by atoms with Crippen molar-refractivity contribution in [3.05, 3.63) is 29.8 Å². The van der Waals surface area contributed by atoms with Crippen LogP contribution in [0.15, 0.2) is 24.3 Å². The number of nitrogens with one attached hydrogen (secondary N) is 1. The fourth-order valence-electron chi connectivity index (χ4n) is 1.81. The van der Waals surface area contributed by atoms with Crippen LogP contribution in [0.1, 0.15) is 18.9 Å². The van der Waals surface area contributed by atoms with E-state index in [0.29, 0.717) is 0 Å². The van der Waals surface area contributed by atoms with Crippen molar-refractivity contribution in [2.45, 2.75) is 25.8 Å². The summed E-state index contributed by atoms with van der Waals surface area (Å²) in [6.07, 6.45) is 0.908. The van der Waals surface area contributed by atoms with Gasteiger partial charge in [-0.25, -0.2) is 0 Å². The Bertz CT molecular complexity index is 348. The molecule has 0 bridgehead atoms. The third kappa shape index (κ3) is 3.72. The molecule has 0 aliphatic heterocycles. The summed E-state index contributed by atoms with van der Waals surface area (Å²) >= 11 is 0. The summed E-state index contributed by atoms with van der Waals surface area (Å²) < 4.78 is 0. The number of anilines is 1. The van der Waals surface area contributed by atoms with Crippen LogP contribution in [0.3, 0.4) is 0 Å². The van der Waals surface area contributed by atoms with E-state index in [4.69, 9.17) is 0 Å². The van der Waals surface area contributed by atoms with Gasteiger partial charge in [0.15, 0.2) is 0 Å². The second kappa shape index (κ2) is 6.03. The van der Waals surface area contributed by atoms with Crippen LogP contribution in [0.5, 0.6) is 0 Å². The van der Waals surface area contributed by atoms with Crippen LogP contribution in [0, 0.1) is 6.92 Å². The SMILES string of the molecule is CNC(C)(CO)CCN(C)c1ccccc1C. The Balaban J connectivity index is 2.62. The summed E-state index contributed by atoms with van der Waals surface area (Å²) in [5.41, 5.74) is 2.34. The van der Waals surface area contributed by atoms with E-state index < -0.39 is 0 Å². The summed E-state index contributed by atoms with van der Waals surface area (Å²) in [6.45, 7) is 5.24. The topological polar surface area (TPSA) is 35.5 Å². The van der Waals surface area contributed by atoms with E-state index in [1.165, 1.54) is 11.3 Å². The molecule has 2 N–H and O–H groups in total. The zero-order valence-electron chi connectivity index (χ0n) is 11.3. The third-order valence-electron chi connectivity index (χ3n) is 3.48. The van der Waals surface area contributed by atoms with Gasteiger partial charge in [-0.15, -0.1) is 0 Å². The minimum atomic E-state index is -0.197. The van der Waals surface area contributed by atoms with Gasteiger partial charge in [0.2, 0.25) is 0 Å². The predicted octanol–water partition coefficient (Wildman–Crippen LogP) is 1.79. The molecule has 0 heterocycles. The van der Waals surface area contributed by atoms with Crippen molar-refractivity contribution in [3.63, 3.8) is 0 Å². The average molecular weight is 236 g/mol. The number of benzene rings is 1. The van der Waals surface area contributed by atoms with Crippen molar-refractivity contribution < 1.29 is 5.11 Å². The fraction of sp³-hybridized carbons (Fsp3) is 0.571. The highest BCUT2D eigenvalue weighted by Gasteiger charge is 2.21. The summed E-state index contributed by atoms with van der Waals surface area (Å²) in [5, 5.41) is 12.5. The average Bonchev–Trinajstić information content (AvgIpc) is 2.36. The predicted molar refractivity (Wildman–Crippen MR) is 73.6 cm³/mol. The highest BCUT2D eigenvalue weighted by atomic mass is 16.3. The number of aliphatic hydroxyl groups is 1. The molecule has 1 atom stereocenters. The van der Waals surface area contributed by atoms with Gasteiger partial charge in [-0.05, 0) is 38.9 Å². The Labute approximate surface area is 104 Å². The molecule has 0 fully saturated rings. The zero-order chi connectivity index (χ0) is 12.9. The fourth-order valence-corrected chi connectivity index (χ4v) is 1.81. The quantitative estimate of drug-likeness (QED) is 0.790. The van der Waals surface area contributed by atoms with Gasteiger partial charge in [-0.3, -0.25) is 0 Å².